The van der Waals surface area contributed by atoms with Gasteiger partial charge in [0.25, 0.3) is 0 Å². The van der Waals surface area contributed by atoms with Crippen LogP contribution < -0.4 is 4.90 Å². The van der Waals surface area contributed by atoms with Gasteiger partial charge in [0.2, 0.25) is 0 Å². The van der Waals surface area contributed by atoms with Gasteiger partial charge in [0.05, 0.1) is 35.8 Å². The Morgan fingerprint density at radius 1 is 1.00 bits per heavy atom. The minimum Gasteiger partial charge on any atom is -0.378 e. The van der Waals surface area contributed by atoms with Crippen molar-refractivity contribution in [3.05, 3.63) is 54.1 Å². The van der Waals surface area contributed by atoms with E-state index in [2.05, 4.69) is 64.2 Å². The average Bonchev–Trinajstić information content (AvgIpc) is 3.11. The Morgan fingerprint density at radius 3 is 2.20 bits per heavy atom. The number of carbonyl (C=O) groups excluding carboxylic acids is 1. The monoisotopic (exact) mass is 477 g/mol. The summed E-state index contributed by atoms with van der Waals surface area (Å²) < 4.78 is 5.91. The number of amides is 2. The lowest BCUT2D eigenvalue weighted by molar-refractivity contribution is -0.0844. The summed E-state index contributed by atoms with van der Waals surface area (Å²) in [6.07, 6.45) is 11.8. The Kier molecular flexibility index (Phi) is 6.34. The van der Waals surface area contributed by atoms with Gasteiger partial charge in [-0.05, 0) is 77.9 Å². The van der Waals surface area contributed by atoms with E-state index < -0.39 is 0 Å². The van der Waals surface area contributed by atoms with Gasteiger partial charge in [-0.1, -0.05) is 30.3 Å². The largest absolute Gasteiger partial charge is 0.378 e. The lowest BCUT2D eigenvalue weighted by atomic mass is 9.68. The van der Waals surface area contributed by atoms with Gasteiger partial charge in [0.15, 0.2) is 0 Å². The van der Waals surface area contributed by atoms with Crippen molar-refractivity contribution in [2.45, 2.75) is 75.0 Å². The van der Waals surface area contributed by atoms with E-state index in [1.54, 1.807) is 12.4 Å². The number of hydrogen-bond acceptors (Lipinski definition) is 5. The van der Waals surface area contributed by atoms with Gasteiger partial charge >= 0.3 is 6.03 Å². The molecule has 2 aliphatic carbocycles. The molecule has 2 aromatic rings. The van der Waals surface area contributed by atoms with Gasteiger partial charge in [-0.25, -0.2) is 14.8 Å². The number of methoxy groups -OCH3 is 1. The minimum atomic E-state index is -0.186. The van der Waals surface area contributed by atoms with Crippen LogP contribution in [0.1, 0.15) is 62.8 Å². The van der Waals surface area contributed by atoms with Crippen molar-refractivity contribution < 1.29 is 9.53 Å². The summed E-state index contributed by atoms with van der Waals surface area (Å²) in [4.78, 5) is 29.1. The topological polar surface area (TPSA) is 61.8 Å². The predicted octanol–water partition coefficient (Wildman–Crippen LogP) is 4.76. The Balaban J connectivity index is 1.43. The van der Waals surface area contributed by atoms with Crippen molar-refractivity contribution in [3.63, 3.8) is 0 Å². The number of rotatable bonds is 7. The van der Waals surface area contributed by atoms with Crippen molar-refractivity contribution in [2.24, 2.45) is 0 Å². The second-order valence-electron chi connectivity index (χ2n) is 11.0. The Bertz CT molecular complexity index is 1020. The average molecular weight is 478 g/mol. The van der Waals surface area contributed by atoms with Crippen LogP contribution in [0.3, 0.4) is 0 Å². The molecule has 0 unspecified atom stereocenters. The molecule has 0 atom stereocenters. The van der Waals surface area contributed by atoms with E-state index in [0.29, 0.717) is 6.54 Å². The molecule has 2 heterocycles. The molecule has 2 amide bonds. The molecule has 1 spiro atoms. The summed E-state index contributed by atoms with van der Waals surface area (Å²) in [6, 6.07) is 11.0. The molecule has 3 fully saturated rings. The number of ether oxygens (including phenoxy) is 1. The van der Waals surface area contributed by atoms with Crippen molar-refractivity contribution in [2.75, 3.05) is 39.2 Å². The highest BCUT2D eigenvalue weighted by Crippen LogP contribution is 2.50. The van der Waals surface area contributed by atoms with Crippen LogP contribution in [0.25, 0.3) is 0 Å². The van der Waals surface area contributed by atoms with Crippen molar-refractivity contribution in [1.29, 1.82) is 0 Å². The lowest BCUT2D eigenvalue weighted by Crippen LogP contribution is -2.56. The molecule has 188 valence electrons. The third-order valence-corrected chi connectivity index (χ3v) is 9.23. The number of urea groups is 1. The Morgan fingerprint density at radius 2 is 1.66 bits per heavy atom. The number of carbonyl (C=O) groups is 1. The SMILES string of the molecule is COC1(CCN2C(=O)N(c3cnc(C)nc3)C[C@]23CC[C@](c2ccccc2)(N(C)C)CC3)CCC1. The fourth-order valence-electron chi connectivity index (χ4n) is 6.60. The number of aryl methyl sites for hydroxylation is 1. The molecule has 1 aromatic carbocycles. The molecule has 7 heteroatoms. The number of hydrogen-bond donors (Lipinski definition) is 0. The molecule has 1 saturated heterocycles. The van der Waals surface area contributed by atoms with Crippen molar-refractivity contribution in [1.82, 2.24) is 19.8 Å². The lowest BCUT2D eigenvalue weighted by Gasteiger charge is -2.51. The molecule has 2 saturated carbocycles. The second-order valence-corrected chi connectivity index (χ2v) is 11.0. The van der Waals surface area contributed by atoms with Crippen LogP contribution in [0.15, 0.2) is 42.7 Å². The Hall–Kier alpha value is -2.51. The first kappa shape index (κ1) is 24.2. The molecule has 0 N–H and O–H groups in total. The summed E-state index contributed by atoms with van der Waals surface area (Å²) in [7, 11) is 6.21. The highest BCUT2D eigenvalue weighted by Gasteiger charge is 2.55. The van der Waals surface area contributed by atoms with E-state index in [-0.39, 0.29) is 22.7 Å². The third kappa shape index (κ3) is 4.12. The molecule has 1 aliphatic heterocycles. The first-order chi connectivity index (χ1) is 16.8. The fraction of sp³-hybridized carbons (Fsp3) is 0.607. The quantitative estimate of drug-likeness (QED) is 0.576. The summed E-state index contributed by atoms with van der Waals surface area (Å²) in [5.41, 5.74) is 1.90. The van der Waals surface area contributed by atoms with Crippen LogP contribution in [0.5, 0.6) is 0 Å². The predicted molar refractivity (Wildman–Crippen MR) is 137 cm³/mol. The molecular formula is C28H39N5O2. The zero-order chi connectivity index (χ0) is 24.7. The van der Waals surface area contributed by atoms with E-state index in [1.165, 1.54) is 12.0 Å². The maximum atomic E-state index is 13.9. The summed E-state index contributed by atoms with van der Waals surface area (Å²) in [6.45, 7) is 3.30. The van der Waals surface area contributed by atoms with Crippen molar-refractivity contribution in [3.8, 4) is 0 Å². The van der Waals surface area contributed by atoms with Crippen LogP contribution in [-0.2, 0) is 10.3 Å². The summed E-state index contributed by atoms with van der Waals surface area (Å²) in [5, 5.41) is 0. The van der Waals surface area contributed by atoms with Gasteiger partial charge in [0.1, 0.15) is 5.82 Å². The second kappa shape index (κ2) is 9.17. The van der Waals surface area contributed by atoms with Crippen LogP contribution >= 0.6 is 0 Å². The molecular weight excluding hydrogens is 438 g/mol. The summed E-state index contributed by atoms with van der Waals surface area (Å²) in [5.74, 6) is 0.718. The highest BCUT2D eigenvalue weighted by atomic mass is 16.5. The number of anilines is 1. The first-order valence-corrected chi connectivity index (χ1v) is 13.0. The van der Waals surface area contributed by atoms with Gasteiger partial charge in [0, 0.05) is 19.2 Å². The highest BCUT2D eigenvalue weighted by molar-refractivity contribution is 5.95. The van der Waals surface area contributed by atoms with Gasteiger partial charge in [-0.15, -0.1) is 0 Å². The van der Waals surface area contributed by atoms with E-state index in [1.807, 2.05) is 18.9 Å². The molecule has 1 aromatic heterocycles. The number of aromatic nitrogens is 2. The number of nitrogens with zero attached hydrogens (tertiary/aromatic N) is 5. The third-order valence-electron chi connectivity index (χ3n) is 9.23. The molecule has 0 radical (unpaired) electrons. The van der Waals surface area contributed by atoms with Gasteiger partial charge in [-0.2, -0.15) is 0 Å². The first-order valence-electron chi connectivity index (χ1n) is 13.0. The van der Waals surface area contributed by atoms with E-state index in [4.69, 9.17) is 4.74 Å². The van der Waals surface area contributed by atoms with Gasteiger partial charge < -0.3 is 9.64 Å². The molecule has 5 rings (SSSR count). The smallest absolute Gasteiger partial charge is 0.325 e. The zero-order valence-electron chi connectivity index (χ0n) is 21.7. The van der Waals surface area contributed by atoms with Crippen LogP contribution in [0.2, 0.25) is 0 Å². The maximum absolute atomic E-state index is 13.9. The minimum absolute atomic E-state index is 0.0106. The molecule has 35 heavy (non-hydrogen) atoms. The molecule has 7 nitrogen and oxygen atoms in total. The molecule has 3 aliphatic rings. The van der Waals surface area contributed by atoms with E-state index in [9.17, 15) is 4.79 Å². The summed E-state index contributed by atoms with van der Waals surface area (Å²) >= 11 is 0. The van der Waals surface area contributed by atoms with E-state index in [0.717, 1.165) is 63.0 Å². The fourth-order valence-corrected chi connectivity index (χ4v) is 6.60. The zero-order valence-corrected chi connectivity index (χ0v) is 21.7. The van der Waals surface area contributed by atoms with Crippen LogP contribution in [0, 0.1) is 6.92 Å². The Labute approximate surface area is 209 Å². The van der Waals surface area contributed by atoms with Crippen molar-refractivity contribution >= 4 is 11.7 Å². The van der Waals surface area contributed by atoms with Crippen LogP contribution in [-0.4, -0.2) is 71.2 Å². The van der Waals surface area contributed by atoms with E-state index >= 15 is 0 Å². The normalized spacial score (nSPS) is 28.1. The van der Waals surface area contributed by atoms with Gasteiger partial charge in [-0.3, -0.25) is 9.80 Å². The van der Waals surface area contributed by atoms with Crippen LogP contribution in [0.4, 0.5) is 10.5 Å². The maximum Gasteiger partial charge on any atom is 0.325 e. The standard InChI is InChI=1S/C28H39N5O2/c1-22-29-19-24(20-30-22)32-21-26(33(25(32)34)18-17-27(35-4)11-8-12-27)13-15-28(16-14-26,31(2)3)23-9-6-5-7-10-23/h5-7,9-10,19-20H,8,11-18,21H2,1-4H3/t26-,28+. The number of benzene rings is 1. The molecule has 0 bridgehead atoms.